The minimum absolute atomic E-state index is 0.0707. The smallest absolute Gasteiger partial charge is 0.242 e. The molecule has 1 saturated carbocycles. The van der Waals surface area contributed by atoms with E-state index >= 15 is 4.79 Å². The molecule has 4 aliphatic rings. The summed E-state index contributed by atoms with van der Waals surface area (Å²) in [5, 5.41) is 17.5. The Labute approximate surface area is 330 Å². The lowest BCUT2D eigenvalue weighted by Gasteiger charge is -2.49. The number of thiophene rings is 1. The van der Waals surface area contributed by atoms with Gasteiger partial charge in [-0.2, -0.15) is 5.10 Å². The Kier molecular flexibility index (Phi) is 8.13. The van der Waals surface area contributed by atoms with Crippen molar-refractivity contribution in [2.45, 2.75) is 39.5 Å². The number of halogens is 2. The van der Waals surface area contributed by atoms with Crippen molar-refractivity contribution in [1.29, 1.82) is 0 Å². The van der Waals surface area contributed by atoms with Gasteiger partial charge in [-0.05, 0) is 104 Å². The lowest BCUT2D eigenvalue weighted by atomic mass is 9.51. The number of phenols is 1. The van der Waals surface area contributed by atoms with Crippen LogP contribution in [-0.2, 0) is 26.2 Å². The predicted molar refractivity (Wildman–Crippen MR) is 212 cm³/mol. The largest absolute Gasteiger partial charge is 0.504 e. The molecule has 55 heavy (non-hydrogen) atoms. The zero-order valence-electron chi connectivity index (χ0n) is 30.6. The Bertz CT molecular complexity index is 2580. The number of fused-ring (bicyclic) bond motifs is 5. The summed E-state index contributed by atoms with van der Waals surface area (Å²) in [6, 6.07) is 17.6. The van der Waals surface area contributed by atoms with Crippen LogP contribution in [0.15, 0.2) is 72.3 Å². The van der Waals surface area contributed by atoms with Crippen LogP contribution in [0.5, 0.6) is 11.5 Å². The fourth-order valence-electron chi connectivity index (χ4n) is 9.68. The summed E-state index contributed by atoms with van der Waals surface area (Å²) < 4.78 is 8.11. The fraction of sp³-hybridized carbons (Fsp3) is 0.310. The predicted octanol–water partition coefficient (Wildman–Crippen LogP) is 8.37. The van der Waals surface area contributed by atoms with Gasteiger partial charge in [-0.25, -0.2) is 9.80 Å². The highest BCUT2D eigenvalue weighted by molar-refractivity contribution is 7.22. The first-order valence-electron chi connectivity index (χ1n) is 18.1. The van der Waals surface area contributed by atoms with Gasteiger partial charge in [-0.3, -0.25) is 23.9 Å². The molecule has 10 nitrogen and oxygen atoms in total. The number of imide groups is 2. The molecule has 13 heteroatoms. The monoisotopic (exact) mass is 794 g/mol. The molecule has 2 aromatic heterocycles. The number of ether oxygens (including phenoxy) is 1. The SMILES string of the molecule is COc1cc(C2C3=CCC4C(=O)N(c5ccc(C)c(Cl)c5)C(=O)C4C3CC3C(=O)N(c4cc(-c5sc6ccc(Cl)cc6c5C)nn4C)C(=O)C32C)ccc1O. The Hall–Kier alpha value is -4.97. The fourth-order valence-corrected chi connectivity index (χ4v) is 11.2. The summed E-state index contributed by atoms with van der Waals surface area (Å²) in [5.74, 6) is -4.38. The third kappa shape index (κ3) is 5.02. The van der Waals surface area contributed by atoms with Gasteiger partial charge in [0.2, 0.25) is 23.6 Å². The highest BCUT2D eigenvalue weighted by Crippen LogP contribution is 2.64. The molecular formula is C42H36Cl2N4O6S. The van der Waals surface area contributed by atoms with Crippen molar-refractivity contribution in [3.05, 3.63) is 99.0 Å². The number of phenolic OH excluding ortho intramolecular Hbond substituents is 1. The molecule has 0 radical (unpaired) electrons. The summed E-state index contributed by atoms with van der Waals surface area (Å²) in [7, 11) is 3.16. The van der Waals surface area contributed by atoms with Crippen LogP contribution in [0.25, 0.3) is 20.7 Å². The van der Waals surface area contributed by atoms with Crippen LogP contribution in [-0.4, -0.2) is 45.6 Å². The number of aryl methyl sites for hydroxylation is 3. The zero-order chi connectivity index (χ0) is 38.8. The highest BCUT2D eigenvalue weighted by Gasteiger charge is 2.68. The molecule has 3 aromatic carbocycles. The van der Waals surface area contributed by atoms with Crippen LogP contribution >= 0.6 is 34.5 Å². The number of anilines is 2. The summed E-state index contributed by atoms with van der Waals surface area (Å²) in [6.07, 6.45) is 2.48. The number of carbonyl (C=O) groups excluding carboxylic acids is 4. The standard InChI is InChI=1S/C42H36Cl2N4O6S/c1-19-6-9-23(16-29(19)44)47-38(50)25-11-10-24-27(35(25)40(47)52)17-28-39(51)48(41(53)42(28,3)36(24)21-7-12-31(49)32(14-21)54-5)34-18-30(45-46(34)4)37-20(2)26-15-22(43)8-13-33(26)55-37/h6-10,12-16,18,25,27-28,35-36,49H,11,17H2,1-5H3. The van der Waals surface area contributed by atoms with Crippen LogP contribution in [0, 0.1) is 42.9 Å². The number of nitrogens with zero attached hydrogens (tertiary/aromatic N) is 4. The maximum atomic E-state index is 15.1. The average molecular weight is 796 g/mol. The van der Waals surface area contributed by atoms with Gasteiger partial charge in [-0.15, -0.1) is 11.3 Å². The molecule has 0 spiro atoms. The van der Waals surface area contributed by atoms with Gasteiger partial charge < -0.3 is 9.84 Å². The van der Waals surface area contributed by atoms with E-state index in [0.29, 0.717) is 39.2 Å². The van der Waals surface area contributed by atoms with Crippen molar-refractivity contribution in [3.8, 4) is 22.1 Å². The third-order valence-electron chi connectivity index (χ3n) is 12.4. The molecule has 4 amide bonds. The molecule has 280 valence electrons. The van der Waals surface area contributed by atoms with Crippen LogP contribution < -0.4 is 14.5 Å². The number of carbonyl (C=O) groups is 4. The van der Waals surface area contributed by atoms with Gasteiger partial charge in [-0.1, -0.05) is 47.0 Å². The van der Waals surface area contributed by atoms with Crippen LogP contribution in [0.4, 0.5) is 11.5 Å². The minimum atomic E-state index is -1.29. The second-order valence-corrected chi connectivity index (χ2v) is 17.1. The summed E-state index contributed by atoms with van der Waals surface area (Å²) >= 11 is 14.3. The second kappa shape index (κ2) is 12.5. The number of hydrogen-bond donors (Lipinski definition) is 1. The topological polar surface area (TPSA) is 122 Å². The number of rotatable bonds is 5. The van der Waals surface area contributed by atoms with Crippen molar-refractivity contribution in [3.63, 3.8) is 0 Å². The van der Waals surface area contributed by atoms with Crippen molar-refractivity contribution in [2.24, 2.45) is 36.1 Å². The van der Waals surface area contributed by atoms with E-state index in [1.807, 2.05) is 45.0 Å². The van der Waals surface area contributed by atoms with Gasteiger partial charge in [0.1, 0.15) is 11.5 Å². The zero-order valence-corrected chi connectivity index (χ0v) is 32.9. The lowest BCUT2D eigenvalue weighted by Crippen LogP contribution is -2.48. The molecule has 9 rings (SSSR count). The van der Waals surface area contributed by atoms with Crippen molar-refractivity contribution in [1.82, 2.24) is 9.78 Å². The van der Waals surface area contributed by atoms with Gasteiger partial charge in [0, 0.05) is 33.8 Å². The summed E-state index contributed by atoms with van der Waals surface area (Å²) in [6.45, 7) is 5.68. The van der Waals surface area contributed by atoms with Gasteiger partial charge in [0.25, 0.3) is 0 Å². The van der Waals surface area contributed by atoms with E-state index in [0.717, 1.165) is 31.7 Å². The van der Waals surface area contributed by atoms with Crippen LogP contribution in [0.3, 0.4) is 0 Å². The number of aromatic hydroxyl groups is 1. The van der Waals surface area contributed by atoms with E-state index in [9.17, 15) is 19.5 Å². The molecular weight excluding hydrogens is 759 g/mol. The van der Waals surface area contributed by atoms with Crippen LogP contribution in [0.2, 0.25) is 10.0 Å². The molecule has 2 aliphatic heterocycles. The van der Waals surface area contributed by atoms with Crippen molar-refractivity contribution < 1.29 is 29.0 Å². The number of hydrogen-bond acceptors (Lipinski definition) is 8. The summed E-state index contributed by atoms with van der Waals surface area (Å²) in [5.41, 5.74) is 3.04. The average Bonchev–Trinajstić information content (AvgIpc) is 3.83. The number of methoxy groups -OCH3 is 1. The number of aromatic nitrogens is 2. The Morgan fingerprint density at radius 3 is 2.45 bits per heavy atom. The first kappa shape index (κ1) is 35.7. The molecule has 4 heterocycles. The van der Waals surface area contributed by atoms with E-state index in [-0.39, 0.29) is 35.6 Å². The highest BCUT2D eigenvalue weighted by atomic mass is 35.5. The van der Waals surface area contributed by atoms with E-state index in [1.165, 1.54) is 23.0 Å². The summed E-state index contributed by atoms with van der Waals surface area (Å²) in [4.78, 5) is 62.0. The van der Waals surface area contributed by atoms with Gasteiger partial charge in [0.15, 0.2) is 11.5 Å². The first-order valence-corrected chi connectivity index (χ1v) is 19.6. The number of amides is 4. The maximum absolute atomic E-state index is 15.1. The van der Waals surface area contributed by atoms with Gasteiger partial charge in [0.05, 0.1) is 40.8 Å². The molecule has 6 atom stereocenters. The second-order valence-electron chi connectivity index (χ2n) is 15.2. The molecule has 0 bridgehead atoms. The minimum Gasteiger partial charge on any atom is -0.504 e. The Morgan fingerprint density at radius 1 is 0.927 bits per heavy atom. The van der Waals surface area contributed by atoms with Crippen LogP contribution in [0.1, 0.15) is 42.4 Å². The van der Waals surface area contributed by atoms with E-state index in [4.69, 9.17) is 33.0 Å². The molecule has 2 saturated heterocycles. The lowest BCUT2D eigenvalue weighted by molar-refractivity contribution is -0.131. The Balaban J connectivity index is 1.16. The van der Waals surface area contributed by atoms with Crippen molar-refractivity contribution >= 4 is 79.8 Å². The number of allylic oxidation sites excluding steroid dienone is 2. The number of benzene rings is 3. The maximum Gasteiger partial charge on any atom is 0.242 e. The molecule has 6 unspecified atom stereocenters. The van der Waals surface area contributed by atoms with Crippen molar-refractivity contribution in [2.75, 3.05) is 16.9 Å². The van der Waals surface area contributed by atoms with E-state index < -0.39 is 40.9 Å². The molecule has 3 fully saturated rings. The van der Waals surface area contributed by atoms with E-state index in [1.54, 1.807) is 59.5 Å². The first-order chi connectivity index (χ1) is 26.2. The van der Waals surface area contributed by atoms with E-state index in [2.05, 4.69) is 0 Å². The molecule has 5 aromatic rings. The third-order valence-corrected chi connectivity index (χ3v) is 14.4. The van der Waals surface area contributed by atoms with Gasteiger partial charge >= 0.3 is 0 Å². The molecule has 2 aliphatic carbocycles. The molecule has 1 N–H and O–H groups in total. The quantitative estimate of drug-likeness (QED) is 0.140. The Morgan fingerprint density at radius 2 is 1.71 bits per heavy atom. The normalized spacial score (nSPS) is 26.1.